The maximum atomic E-state index is 13.1. The lowest BCUT2D eigenvalue weighted by Crippen LogP contribution is -2.38. The van der Waals surface area contributed by atoms with E-state index in [0.29, 0.717) is 18.5 Å². The molecule has 2 rings (SSSR count). The van der Waals surface area contributed by atoms with Gasteiger partial charge in [-0.1, -0.05) is 25.3 Å². The molecule has 8 heteroatoms. The Morgan fingerprint density at radius 2 is 1.74 bits per heavy atom. The van der Waals surface area contributed by atoms with Crippen molar-refractivity contribution in [1.82, 2.24) is 9.21 Å². The Morgan fingerprint density at radius 1 is 1.10 bits per heavy atom. The van der Waals surface area contributed by atoms with Crippen LogP contribution in [0.5, 0.6) is 0 Å². The van der Waals surface area contributed by atoms with Crippen LogP contribution in [0.15, 0.2) is 29.2 Å². The minimum atomic E-state index is -3.66. The number of benzene rings is 1. The van der Waals surface area contributed by atoms with Gasteiger partial charge < -0.3 is 9.64 Å². The molecule has 31 heavy (non-hydrogen) atoms. The van der Waals surface area contributed by atoms with E-state index in [1.54, 1.807) is 26.2 Å². The molecule has 0 aromatic heterocycles. The van der Waals surface area contributed by atoms with Gasteiger partial charge in [0, 0.05) is 38.7 Å². The Labute approximate surface area is 186 Å². The van der Waals surface area contributed by atoms with E-state index in [9.17, 15) is 18.0 Å². The van der Waals surface area contributed by atoms with Crippen molar-refractivity contribution in [3.05, 3.63) is 29.8 Å². The summed E-state index contributed by atoms with van der Waals surface area (Å²) in [6.45, 7) is 5.81. The average molecular weight is 453 g/mol. The zero-order chi connectivity index (χ0) is 23.2. The second kappa shape index (κ2) is 10.6. The highest BCUT2D eigenvalue weighted by molar-refractivity contribution is 7.89. The largest absolute Gasteiger partial charge is 0.460 e. The first-order valence-corrected chi connectivity index (χ1v) is 12.4. The van der Waals surface area contributed by atoms with Gasteiger partial charge in [0.25, 0.3) is 5.91 Å². The van der Waals surface area contributed by atoms with Gasteiger partial charge in [0.05, 0.1) is 4.90 Å². The van der Waals surface area contributed by atoms with Crippen molar-refractivity contribution in [3.8, 4) is 0 Å². The standard InChI is InChI=1S/C23H36N2O5S/c1-23(2,3)30-21(26)15-10-16-24(4)22(27)18-11-9-14-20(17-18)31(28,29)25(5)19-12-7-6-8-13-19/h9,11,14,17,19H,6-8,10,12-13,15-16H2,1-5H3. The van der Waals surface area contributed by atoms with Crippen molar-refractivity contribution < 1.29 is 22.7 Å². The Morgan fingerprint density at radius 3 is 2.35 bits per heavy atom. The SMILES string of the molecule is CN(CCCC(=O)OC(C)(C)C)C(=O)c1cccc(S(=O)(=O)N(C)C2CCCCC2)c1. The van der Waals surface area contributed by atoms with Crippen molar-refractivity contribution in [1.29, 1.82) is 0 Å². The summed E-state index contributed by atoms with van der Waals surface area (Å²) >= 11 is 0. The van der Waals surface area contributed by atoms with Gasteiger partial charge in [-0.25, -0.2) is 8.42 Å². The van der Waals surface area contributed by atoms with E-state index in [1.807, 2.05) is 20.8 Å². The topological polar surface area (TPSA) is 84.0 Å². The third kappa shape index (κ3) is 7.31. The lowest BCUT2D eigenvalue weighted by atomic mass is 9.96. The molecule has 0 atom stereocenters. The summed E-state index contributed by atoms with van der Waals surface area (Å²) in [5.41, 5.74) is -0.215. The maximum Gasteiger partial charge on any atom is 0.306 e. The Bertz CT molecular complexity index is 870. The number of ether oxygens (including phenoxy) is 1. The number of nitrogens with zero attached hydrogens (tertiary/aromatic N) is 2. The quantitative estimate of drug-likeness (QED) is 0.560. The molecule has 0 heterocycles. The zero-order valence-corrected chi connectivity index (χ0v) is 20.2. The number of carbonyl (C=O) groups is 2. The van der Waals surface area contributed by atoms with E-state index in [-0.39, 0.29) is 29.2 Å². The molecular formula is C23H36N2O5S. The molecule has 0 radical (unpaired) electrons. The van der Waals surface area contributed by atoms with E-state index in [0.717, 1.165) is 32.1 Å². The molecule has 7 nitrogen and oxygen atoms in total. The second-order valence-electron chi connectivity index (χ2n) is 9.26. The lowest BCUT2D eigenvalue weighted by Gasteiger charge is -2.30. The number of hydrogen-bond acceptors (Lipinski definition) is 5. The van der Waals surface area contributed by atoms with Crippen molar-refractivity contribution in [3.63, 3.8) is 0 Å². The second-order valence-corrected chi connectivity index (χ2v) is 11.3. The third-order valence-corrected chi connectivity index (χ3v) is 7.39. The van der Waals surface area contributed by atoms with Crippen LogP contribution in [0, 0.1) is 0 Å². The minimum Gasteiger partial charge on any atom is -0.460 e. The highest BCUT2D eigenvalue weighted by atomic mass is 32.2. The monoisotopic (exact) mass is 452 g/mol. The van der Waals surface area contributed by atoms with E-state index in [1.165, 1.54) is 21.3 Å². The number of sulfonamides is 1. The van der Waals surface area contributed by atoms with Crippen LogP contribution in [0.2, 0.25) is 0 Å². The average Bonchev–Trinajstić information content (AvgIpc) is 2.72. The number of carbonyl (C=O) groups excluding carboxylic acids is 2. The molecule has 0 unspecified atom stereocenters. The first-order chi connectivity index (χ1) is 14.4. The fourth-order valence-electron chi connectivity index (χ4n) is 3.77. The highest BCUT2D eigenvalue weighted by Gasteiger charge is 2.29. The first kappa shape index (κ1) is 25.3. The predicted molar refractivity (Wildman–Crippen MR) is 120 cm³/mol. The maximum absolute atomic E-state index is 13.1. The van der Waals surface area contributed by atoms with Gasteiger partial charge in [-0.2, -0.15) is 4.31 Å². The van der Waals surface area contributed by atoms with Crippen LogP contribution in [0.25, 0.3) is 0 Å². The molecule has 1 saturated carbocycles. The number of rotatable bonds is 8. The van der Waals surface area contributed by atoms with E-state index in [2.05, 4.69) is 0 Å². The van der Waals surface area contributed by atoms with Crippen LogP contribution in [0.3, 0.4) is 0 Å². The molecule has 0 aliphatic heterocycles. The summed E-state index contributed by atoms with van der Waals surface area (Å²) in [4.78, 5) is 26.3. The molecule has 0 spiro atoms. The summed E-state index contributed by atoms with van der Waals surface area (Å²) in [6.07, 6.45) is 5.65. The zero-order valence-electron chi connectivity index (χ0n) is 19.4. The third-order valence-electron chi connectivity index (χ3n) is 5.49. The molecule has 0 saturated heterocycles. The van der Waals surface area contributed by atoms with Crippen LogP contribution in [-0.2, 0) is 19.6 Å². The smallest absolute Gasteiger partial charge is 0.306 e. The summed E-state index contributed by atoms with van der Waals surface area (Å²) in [6, 6.07) is 6.21. The Balaban J connectivity index is 2.01. The van der Waals surface area contributed by atoms with Crippen LogP contribution in [0.1, 0.15) is 76.1 Å². The summed E-state index contributed by atoms with van der Waals surface area (Å²) < 4.78 is 32.9. The van der Waals surface area contributed by atoms with Crippen molar-refractivity contribution in [2.75, 3.05) is 20.6 Å². The van der Waals surface area contributed by atoms with E-state index in [4.69, 9.17) is 4.74 Å². The predicted octanol–water partition coefficient (Wildman–Crippen LogP) is 3.83. The molecule has 1 fully saturated rings. The van der Waals surface area contributed by atoms with Crippen LogP contribution in [0.4, 0.5) is 0 Å². The Kier molecular flexibility index (Phi) is 8.65. The van der Waals surface area contributed by atoms with Crippen molar-refractivity contribution >= 4 is 21.9 Å². The molecule has 174 valence electrons. The molecule has 0 bridgehead atoms. The van der Waals surface area contributed by atoms with Gasteiger partial charge in [0.2, 0.25) is 10.0 Å². The number of amides is 1. The highest BCUT2D eigenvalue weighted by Crippen LogP contribution is 2.27. The fraction of sp³-hybridized carbons (Fsp3) is 0.652. The van der Waals surface area contributed by atoms with Crippen LogP contribution < -0.4 is 0 Å². The van der Waals surface area contributed by atoms with Crippen LogP contribution >= 0.6 is 0 Å². The van der Waals surface area contributed by atoms with E-state index >= 15 is 0 Å². The summed E-state index contributed by atoms with van der Waals surface area (Å²) in [5, 5.41) is 0. The fourth-order valence-corrected chi connectivity index (χ4v) is 5.23. The molecule has 1 aromatic rings. The van der Waals surface area contributed by atoms with Gasteiger partial charge in [-0.15, -0.1) is 0 Å². The van der Waals surface area contributed by atoms with Gasteiger partial charge >= 0.3 is 5.97 Å². The lowest BCUT2D eigenvalue weighted by molar-refractivity contribution is -0.154. The number of hydrogen-bond donors (Lipinski definition) is 0. The number of esters is 1. The van der Waals surface area contributed by atoms with Gasteiger partial charge in [0.15, 0.2) is 0 Å². The molecule has 1 aliphatic carbocycles. The van der Waals surface area contributed by atoms with Crippen molar-refractivity contribution in [2.24, 2.45) is 0 Å². The molecule has 0 N–H and O–H groups in total. The molecule has 1 amide bonds. The molecule has 1 aliphatic rings. The van der Waals surface area contributed by atoms with Gasteiger partial charge in [0.1, 0.15) is 5.60 Å². The van der Waals surface area contributed by atoms with E-state index < -0.39 is 15.6 Å². The van der Waals surface area contributed by atoms with Gasteiger partial charge in [-0.3, -0.25) is 9.59 Å². The summed E-state index contributed by atoms with van der Waals surface area (Å²) in [7, 11) is -0.391. The first-order valence-electron chi connectivity index (χ1n) is 11.0. The Hall–Kier alpha value is -1.93. The minimum absolute atomic E-state index is 0.00800. The molecule has 1 aromatic carbocycles. The summed E-state index contributed by atoms with van der Waals surface area (Å²) in [5.74, 6) is -0.575. The van der Waals surface area contributed by atoms with Crippen molar-refractivity contribution in [2.45, 2.75) is 82.3 Å². The van der Waals surface area contributed by atoms with Gasteiger partial charge in [-0.05, 0) is 58.2 Å². The van der Waals surface area contributed by atoms with Crippen LogP contribution in [-0.4, -0.2) is 61.8 Å². The molecular weight excluding hydrogens is 416 g/mol. The normalized spacial score (nSPS) is 15.7.